The van der Waals surface area contributed by atoms with Gasteiger partial charge in [-0.15, -0.1) is 11.3 Å². The highest BCUT2D eigenvalue weighted by Crippen LogP contribution is 2.31. The fourth-order valence-corrected chi connectivity index (χ4v) is 6.16. The number of carbonyl (C=O) groups is 1. The van der Waals surface area contributed by atoms with E-state index in [1.165, 1.54) is 21.0 Å². The Morgan fingerprint density at radius 2 is 1.85 bits per heavy atom. The van der Waals surface area contributed by atoms with Crippen molar-refractivity contribution in [3.8, 4) is 0 Å². The van der Waals surface area contributed by atoms with E-state index in [1.807, 2.05) is 11.3 Å². The highest BCUT2D eigenvalue weighted by atomic mass is 32.1. The number of amides is 1. The van der Waals surface area contributed by atoms with E-state index in [-0.39, 0.29) is 6.04 Å². The molecule has 0 radical (unpaired) electrons. The van der Waals surface area contributed by atoms with Gasteiger partial charge in [-0.3, -0.25) is 4.79 Å². The van der Waals surface area contributed by atoms with Crippen LogP contribution in [0.15, 0.2) is 24.3 Å². The number of nitrogens with one attached hydrogen (secondary N) is 1. The van der Waals surface area contributed by atoms with Crippen LogP contribution in [0.3, 0.4) is 0 Å². The van der Waals surface area contributed by atoms with E-state index < -0.39 is 0 Å². The summed E-state index contributed by atoms with van der Waals surface area (Å²) in [5.74, 6) is 2.18. The SMILES string of the molecule is C[C@@H]1C[C@@H](C)CN(C(=O)[C@@H](C)[NH+]2CCC(c3nc4ccccc4s3)CC2)C1. The molecule has 3 heterocycles. The van der Waals surface area contributed by atoms with E-state index >= 15 is 0 Å². The van der Waals surface area contributed by atoms with Gasteiger partial charge in [0.25, 0.3) is 5.91 Å². The van der Waals surface area contributed by atoms with Gasteiger partial charge in [-0.25, -0.2) is 4.98 Å². The molecule has 1 amide bonds. The minimum Gasteiger partial charge on any atom is -0.337 e. The lowest BCUT2D eigenvalue weighted by atomic mass is 9.91. The van der Waals surface area contributed by atoms with Gasteiger partial charge in [-0.2, -0.15) is 0 Å². The number of fused-ring (bicyclic) bond motifs is 1. The van der Waals surface area contributed by atoms with E-state index in [9.17, 15) is 4.79 Å². The molecule has 2 aliphatic rings. The van der Waals surface area contributed by atoms with Gasteiger partial charge in [0.2, 0.25) is 0 Å². The van der Waals surface area contributed by atoms with Crippen molar-refractivity contribution in [3.05, 3.63) is 29.3 Å². The summed E-state index contributed by atoms with van der Waals surface area (Å²) in [6.45, 7) is 10.7. The number of carbonyl (C=O) groups excluding carboxylic acids is 1. The Hall–Kier alpha value is -1.46. The summed E-state index contributed by atoms with van der Waals surface area (Å²) in [6.07, 6.45) is 3.53. The number of piperidine rings is 2. The Morgan fingerprint density at radius 3 is 2.52 bits per heavy atom. The van der Waals surface area contributed by atoms with Gasteiger partial charge in [0, 0.05) is 31.8 Å². The van der Waals surface area contributed by atoms with Crippen molar-refractivity contribution in [3.63, 3.8) is 0 Å². The topological polar surface area (TPSA) is 37.6 Å². The molecule has 2 aromatic rings. The zero-order valence-corrected chi connectivity index (χ0v) is 17.6. The number of hydrogen-bond acceptors (Lipinski definition) is 3. The van der Waals surface area contributed by atoms with Gasteiger partial charge in [0.1, 0.15) is 0 Å². The molecule has 4 nitrogen and oxygen atoms in total. The largest absolute Gasteiger partial charge is 0.337 e. The quantitative estimate of drug-likeness (QED) is 0.881. The van der Waals surface area contributed by atoms with E-state index in [0.717, 1.165) is 44.5 Å². The molecule has 0 aliphatic carbocycles. The van der Waals surface area contributed by atoms with Crippen molar-refractivity contribution in [1.29, 1.82) is 0 Å². The molecule has 2 saturated heterocycles. The Balaban J connectivity index is 1.36. The summed E-state index contributed by atoms with van der Waals surface area (Å²) >= 11 is 1.85. The molecule has 0 spiro atoms. The maximum atomic E-state index is 13.1. The summed E-state index contributed by atoms with van der Waals surface area (Å²) in [4.78, 5) is 21.5. The minimum absolute atomic E-state index is 0.0822. The second kappa shape index (κ2) is 7.88. The first-order valence-electron chi connectivity index (χ1n) is 10.5. The van der Waals surface area contributed by atoms with Crippen molar-refractivity contribution < 1.29 is 9.69 Å². The van der Waals surface area contributed by atoms with Gasteiger partial charge in [0.05, 0.1) is 28.3 Å². The Labute approximate surface area is 166 Å². The molecule has 1 aromatic heterocycles. The second-order valence-electron chi connectivity index (χ2n) is 8.86. The summed E-state index contributed by atoms with van der Waals surface area (Å²) in [6, 6.07) is 8.51. The number of hydrogen-bond donors (Lipinski definition) is 1. The smallest absolute Gasteiger partial charge is 0.280 e. The molecule has 0 unspecified atom stereocenters. The number of quaternary nitrogens is 1. The summed E-state index contributed by atoms with van der Waals surface area (Å²) in [5.41, 5.74) is 1.13. The van der Waals surface area contributed by atoms with Crippen LogP contribution in [0.1, 0.15) is 51.0 Å². The van der Waals surface area contributed by atoms with Crippen LogP contribution in [0.4, 0.5) is 0 Å². The van der Waals surface area contributed by atoms with Crippen LogP contribution in [-0.4, -0.2) is 48.0 Å². The first kappa shape index (κ1) is 18.9. The number of thiazole rings is 1. The van der Waals surface area contributed by atoms with Crippen LogP contribution in [0.5, 0.6) is 0 Å². The van der Waals surface area contributed by atoms with Gasteiger partial charge in [-0.1, -0.05) is 26.0 Å². The molecule has 5 heteroatoms. The lowest BCUT2D eigenvalue weighted by Crippen LogP contribution is -3.17. The van der Waals surface area contributed by atoms with Crippen LogP contribution in [-0.2, 0) is 4.79 Å². The highest BCUT2D eigenvalue weighted by molar-refractivity contribution is 7.18. The molecule has 27 heavy (non-hydrogen) atoms. The van der Waals surface area contributed by atoms with E-state index in [1.54, 1.807) is 0 Å². The first-order valence-corrected chi connectivity index (χ1v) is 11.3. The molecule has 1 aromatic carbocycles. The van der Waals surface area contributed by atoms with Crippen LogP contribution in [0, 0.1) is 11.8 Å². The highest BCUT2D eigenvalue weighted by Gasteiger charge is 2.36. The maximum Gasteiger partial charge on any atom is 0.280 e. The number of para-hydroxylation sites is 1. The molecular formula is C22H32N3OS+. The normalized spacial score (nSPS) is 30.4. The molecule has 0 saturated carbocycles. The van der Waals surface area contributed by atoms with Crippen LogP contribution >= 0.6 is 11.3 Å². The van der Waals surface area contributed by atoms with Crippen LogP contribution in [0.2, 0.25) is 0 Å². The van der Waals surface area contributed by atoms with Gasteiger partial charge in [0.15, 0.2) is 6.04 Å². The fourth-order valence-electron chi connectivity index (χ4n) is 5.02. The van der Waals surface area contributed by atoms with E-state index in [0.29, 0.717) is 23.7 Å². The molecule has 2 aliphatic heterocycles. The third kappa shape index (κ3) is 4.04. The van der Waals surface area contributed by atoms with Gasteiger partial charge in [-0.05, 0) is 37.3 Å². The lowest BCUT2D eigenvalue weighted by Gasteiger charge is -2.38. The minimum atomic E-state index is 0.0822. The first-order chi connectivity index (χ1) is 13.0. The average Bonchev–Trinajstić information content (AvgIpc) is 3.10. The maximum absolute atomic E-state index is 13.1. The summed E-state index contributed by atoms with van der Waals surface area (Å²) < 4.78 is 1.29. The number of likely N-dealkylation sites (tertiary alicyclic amines) is 2. The Morgan fingerprint density at radius 1 is 1.19 bits per heavy atom. The Kier molecular flexibility index (Phi) is 5.51. The zero-order chi connectivity index (χ0) is 19.0. The van der Waals surface area contributed by atoms with Crippen LogP contribution in [0.25, 0.3) is 10.2 Å². The predicted octanol–water partition coefficient (Wildman–Crippen LogP) is 2.95. The van der Waals surface area contributed by atoms with Crippen molar-refractivity contribution >= 4 is 27.5 Å². The third-order valence-electron chi connectivity index (χ3n) is 6.45. The van der Waals surface area contributed by atoms with Crippen molar-refractivity contribution in [2.45, 2.75) is 52.0 Å². The number of nitrogens with zero attached hydrogens (tertiary/aromatic N) is 2. The monoisotopic (exact) mass is 386 g/mol. The molecular weight excluding hydrogens is 354 g/mol. The molecule has 0 bridgehead atoms. The summed E-state index contributed by atoms with van der Waals surface area (Å²) in [7, 11) is 0. The zero-order valence-electron chi connectivity index (χ0n) is 16.8. The van der Waals surface area contributed by atoms with Crippen molar-refractivity contribution in [2.75, 3.05) is 26.2 Å². The molecule has 2 fully saturated rings. The molecule has 4 rings (SSSR count). The summed E-state index contributed by atoms with van der Waals surface area (Å²) in [5, 5.41) is 1.29. The van der Waals surface area contributed by atoms with Crippen molar-refractivity contribution in [2.24, 2.45) is 11.8 Å². The molecule has 146 valence electrons. The average molecular weight is 387 g/mol. The number of benzene rings is 1. The predicted molar refractivity (Wildman–Crippen MR) is 111 cm³/mol. The Bertz CT molecular complexity index is 753. The third-order valence-corrected chi connectivity index (χ3v) is 7.65. The van der Waals surface area contributed by atoms with Crippen LogP contribution < -0.4 is 4.90 Å². The number of rotatable bonds is 3. The van der Waals surface area contributed by atoms with Gasteiger partial charge >= 0.3 is 0 Å². The molecule has 1 N–H and O–H groups in total. The molecule has 3 atom stereocenters. The lowest BCUT2D eigenvalue weighted by molar-refractivity contribution is -0.919. The van der Waals surface area contributed by atoms with Crippen molar-refractivity contribution in [1.82, 2.24) is 9.88 Å². The second-order valence-corrected chi connectivity index (χ2v) is 9.93. The number of aromatic nitrogens is 1. The fraction of sp³-hybridized carbons (Fsp3) is 0.636. The standard InChI is InChI=1S/C22H31N3OS/c1-15-12-16(2)14-25(13-15)22(26)17(3)24-10-8-18(9-11-24)21-23-19-6-4-5-7-20(19)27-21/h4-7,15-18H,8-14H2,1-3H3/p+1/t15-,16-,17-/m1/s1. The van der Waals surface area contributed by atoms with E-state index in [2.05, 4.69) is 49.9 Å². The van der Waals surface area contributed by atoms with E-state index in [4.69, 9.17) is 4.98 Å². The van der Waals surface area contributed by atoms with Gasteiger partial charge < -0.3 is 9.80 Å².